The van der Waals surface area contributed by atoms with Gasteiger partial charge in [0.25, 0.3) is 10.0 Å². The van der Waals surface area contributed by atoms with Gasteiger partial charge in [-0.15, -0.1) is 10.2 Å². The number of nitrogens with one attached hydrogen (secondary N) is 1. The molecule has 0 atom stereocenters. The molecule has 0 fully saturated rings. The number of carbonyl (C=O) groups excluding carboxylic acids is 1. The molecule has 0 radical (unpaired) electrons. The van der Waals surface area contributed by atoms with E-state index in [0.29, 0.717) is 25.5 Å². The number of halogens is 1. The molecule has 1 N–H and O–H groups in total. The Hall–Kier alpha value is -2.34. The van der Waals surface area contributed by atoms with Crippen molar-refractivity contribution in [2.75, 3.05) is 23.3 Å². The average molecular weight is 513 g/mol. The lowest BCUT2D eigenvalue weighted by Gasteiger charge is -2.24. The number of hydrogen-bond acceptors (Lipinski definition) is 8. The van der Waals surface area contributed by atoms with Crippen LogP contribution in [0.3, 0.4) is 0 Å². The predicted molar refractivity (Wildman–Crippen MR) is 129 cm³/mol. The van der Waals surface area contributed by atoms with Crippen molar-refractivity contribution in [3.63, 3.8) is 0 Å². The van der Waals surface area contributed by atoms with Gasteiger partial charge < -0.3 is 4.74 Å². The molecule has 3 rings (SSSR count). The van der Waals surface area contributed by atoms with E-state index in [9.17, 15) is 13.2 Å². The quantitative estimate of drug-likeness (QED) is 0.332. The van der Waals surface area contributed by atoms with Crippen LogP contribution in [0.25, 0.3) is 0 Å². The lowest BCUT2D eigenvalue weighted by molar-refractivity contribution is -0.114. The monoisotopic (exact) mass is 512 g/mol. The van der Waals surface area contributed by atoms with Gasteiger partial charge in [-0.2, -0.15) is 0 Å². The third-order valence-corrected chi connectivity index (χ3v) is 7.97. The summed E-state index contributed by atoms with van der Waals surface area (Å²) < 4.78 is 33.6. The SMILES string of the molecule is COc1ccc(S(=O)(=O)N(CC(=O)Nc2nnc(SC(C)C)s2)c2cccc(Cl)c2)cc1. The summed E-state index contributed by atoms with van der Waals surface area (Å²) in [7, 11) is -2.58. The zero-order chi connectivity index (χ0) is 23.3. The molecule has 0 saturated heterocycles. The predicted octanol–water partition coefficient (Wildman–Crippen LogP) is 4.53. The number of anilines is 2. The lowest BCUT2D eigenvalue weighted by atomic mass is 10.3. The van der Waals surface area contributed by atoms with Crippen molar-refractivity contribution in [1.29, 1.82) is 0 Å². The molecule has 3 aromatic rings. The smallest absolute Gasteiger partial charge is 0.264 e. The van der Waals surface area contributed by atoms with E-state index in [4.69, 9.17) is 16.3 Å². The fourth-order valence-electron chi connectivity index (χ4n) is 2.62. The van der Waals surface area contributed by atoms with Crippen LogP contribution < -0.4 is 14.4 Å². The number of hydrogen-bond donors (Lipinski definition) is 1. The zero-order valence-electron chi connectivity index (χ0n) is 17.5. The van der Waals surface area contributed by atoms with Crippen LogP contribution in [0.1, 0.15) is 13.8 Å². The maximum atomic E-state index is 13.4. The molecular formula is C20H21ClN4O4S3. The first-order valence-corrected chi connectivity index (χ1v) is 12.9. The molecule has 0 bridgehead atoms. The number of methoxy groups -OCH3 is 1. The van der Waals surface area contributed by atoms with Crippen LogP contribution in [0.5, 0.6) is 5.75 Å². The van der Waals surface area contributed by atoms with Gasteiger partial charge in [-0.25, -0.2) is 8.42 Å². The van der Waals surface area contributed by atoms with Gasteiger partial charge in [0, 0.05) is 10.3 Å². The van der Waals surface area contributed by atoms with Crippen LogP contribution in [0, 0.1) is 0 Å². The number of carbonyl (C=O) groups is 1. The number of ether oxygens (including phenoxy) is 1. The van der Waals surface area contributed by atoms with E-state index in [1.807, 2.05) is 13.8 Å². The first-order chi connectivity index (χ1) is 15.2. The van der Waals surface area contributed by atoms with E-state index in [1.165, 1.54) is 60.5 Å². The van der Waals surface area contributed by atoms with Crippen molar-refractivity contribution in [2.24, 2.45) is 0 Å². The van der Waals surface area contributed by atoms with E-state index in [0.717, 1.165) is 4.31 Å². The maximum absolute atomic E-state index is 13.4. The van der Waals surface area contributed by atoms with Gasteiger partial charge in [-0.1, -0.05) is 54.6 Å². The third kappa shape index (κ3) is 6.12. The number of benzene rings is 2. The van der Waals surface area contributed by atoms with Crippen LogP contribution in [0.4, 0.5) is 10.8 Å². The summed E-state index contributed by atoms with van der Waals surface area (Å²) >= 11 is 8.83. The summed E-state index contributed by atoms with van der Waals surface area (Å²) in [6.07, 6.45) is 0. The Bertz CT molecular complexity index is 1180. The highest BCUT2D eigenvalue weighted by Gasteiger charge is 2.28. The molecule has 0 aliphatic carbocycles. The van der Waals surface area contributed by atoms with Crippen LogP contribution in [0.15, 0.2) is 57.8 Å². The lowest BCUT2D eigenvalue weighted by Crippen LogP contribution is -2.38. The third-order valence-electron chi connectivity index (χ3n) is 4.02. The second-order valence-corrected chi connectivity index (χ2v) is 11.9. The van der Waals surface area contributed by atoms with E-state index in [1.54, 1.807) is 18.2 Å². The van der Waals surface area contributed by atoms with Gasteiger partial charge in [-0.3, -0.25) is 14.4 Å². The molecule has 32 heavy (non-hydrogen) atoms. The van der Waals surface area contributed by atoms with Crippen LogP contribution in [-0.2, 0) is 14.8 Å². The van der Waals surface area contributed by atoms with Crippen LogP contribution in [0.2, 0.25) is 5.02 Å². The summed E-state index contributed by atoms with van der Waals surface area (Å²) in [5, 5.41) is 11.6. The number of amides is 1. The Balaban J connectivity index is 1.87. The summed E-state index contributed by atoms with van der Waals surface area (Å²) in [5.41, 5.74) is 0.261. The molecule has 0 aliphatic rings. The standard InChI is InChI=1S/C20H21ClN4O4S3/c1-13(2)30-20-24-23-19(31-20)22-18(26)12-25(15-6-4-5-14(21)11-15)32(27,28)17-9-7-16(29-3)8-10-17/h4-11,13H,12H2,1-3H3,(H,22,23,26). The Morgan fingerprint density at radius 3 is 2.56 bits per heavy atom. The summed E-state index contributed by atoms with van der Waals surface area (Å²) in [6.45, 7) is 3.58. The Morgan fingerprint density at radius 2 is 1.94 bits per heavy atom. The molecular weight excluding hydrogens is 492 g/mol. The van der Waals surface area contributed by atoms with Crippen molar-refractivity contribution in [3.8, 4) is 5.75 Å². The highest BCUT2D eigenvalue weighted by Crippen LogP contribution is 2.29. The Labute approximate surface area is 200 Å². The number of sulfonamides is 1. The minimum atomic E-state index is -4.07. The summed E-state index contributed by atoms with van der Waals surface area (Å²) in [6, 6.07) is 12.2. The van der Waals surface area contributed by atoms with E-state index in [2.05, 4.69) is 15.5 Å². The highest BCUT2D eigenvalue weighted by atomic mass is 35.5. The van der Waals surface area contributed by atoms with Crippen molar-refractivity contribution in [2.45, 2.75) is 28.3 Å². The summed E-state index contributed by atoms with van der Waals surface area (Å²) in [5.74, 6) is -0.0401. The van der Waals surface area contributed by atoms with Crippen molar-refractivity contribution >= 4 is 61.4 Å². The van der Waals surface area contributed by atoms with Gasteiger partial charge in [0.05, 0.1) is 17.7 Å². The Kier molecular flexibility index (Phi) is 7.99. The average Bonchev–Trinajstić information content (AvgIpc) is 3.17. The van der Waals surface area contributed by atoms with E-state index < -0.39 is 22.5 Å². The largest absolute Gasteiger partial charge is 0.497 e. The second-order valence-electron chi connectivity index (χ2n) is 6.75. The fraction of sp³-hybridized carbons (Fsp3) is 0.250. The topological polar surface area (TPSA) is 101 Å². The first kappa shape index (κ1) is 24.3. The molecule has 12 heteroatoms. The number of thioether (sulfide) groups is 1. The van der Waals surface area contributed by atoms with E-state index >= 15 is 0 Å². The molecule has 1 aromatic heterocycles. The van der Waals surface area contributed by atoms with E-state index in [-0.39, 0.29) is 10.6 Å². The molecule has 170 valence electrons. The Morgan fingerprint density at radius 1 is 1.22 bits per heavy atom. The molecule has 0 aliphatic heterocycles. The normalized spacial score (nSPS) is 11.4. The van der Waals surface area contributed by atoms with Crippen molar-refractivity contribution in [1.82, 2.24) is 10.2 Å². The first-order valence-electron chi connectivity index (χ1n) is 9.41. The molecule has 1 amide bonds. The second kappa shape index (κ2) is 10.5. The molecule has 0 spiro atoms. The van der Waals surface area contributed by atoms with Crippen LogP contribution >= 0.6 is 34.7 Å². The minimum absolute atomic E-state index is 0.0117. The highest BCUT2D eigenvalue weighted by molar-refractivity contribution is 8.01. The van der Waals surface area contributed by atoms with Gasteiger partial charge in [0.1, 0.15) is 12.3 Å². The molecule has 8 nitrogen and oxygen atoms in total. The maximum Gasteiger partial charge on any atom is 0.264 e. The van der Waals surface area contributed by atoms with Crippen LogP contribution in [-0.4, -0.2) is 43.4 Å². The molecule has 0 saturated carbocycles. The van der Waals surface area contributed by atoms with Gasteiger partial charge in [-0.05, 0) is 42.5 Å². The van der Waals surface area contributed by atoms with Gasteiger partial charge in [0.2, 0.25) is 11.0 Å². The fourth-order valence-corrected chi connectivity index (χ4v) is 6.21. The number of rotatable bonds is 9. The zero-order valence-corrected chi connectivity index (χ0v) is 20.7. The van der Waals surface area contributed by atoms with Gasteiger partial charge in [0.15, 0.2) is 4.34 Å². The number of nitrogens with zero attached hydrogens (tertiary/aromatic N) is 3. The molecule has 0 unspecified atom stereocenters. The number of aromatic nitrogens is 2. The molecule has 1 heterocycles. The van der Waals surface area contributed by atoms with Crippen molar-refractivity contribution in [3.05, 3.63) is 53.6 Å². The summed E-state index contributed by atoms with van der Waals surface area (Å²) in [4.78, 5) is 12.8. The molecule has 2 aromatic carbocycles. The van der Waals surface area contributed by atoms with Gasteiger partial charge >= 0.3 is 0 Å². The van der Waals surface area contributed by atoms with Crippen molar-refractivity contribution < 1.29 is 17.9 Å². The minimum Gasteiger partial charge on any atom is -0.497 e.